The highest BCUT2D eigenvalue weighted by atomic mass is 32.1. The molecule has 0 aliphatic carbocycles. The molecular formula is C15H14N4O2S. The van der Waals surface area contributed by atoms with E-state index in [2.05, 4.69) is 16.4 Å². The van der Waals surface area contributed by atoms with Crippen LogP contribution in [0, 0.1) is 11.3 Å². The summed E-state index contributed by atoms with van der Waals surface area (Å²) in [5.74, 6) is 1.45. The molecule has 0 saturated heterocycles. The van der Waals surface area contributed by atoms with Gasteiger partial charge in [0.15, 0.2) is 16.6 Å². The van der Waals surface area contributed by atoms with E-state index in [1.807, 2.05) is 18.2 Å². The summed E-state index contributed by atoms with van der Waals surface area (Å²) in [4.78, 5) is 4.38. The lowest BCUT2D eigenvalue weighted by molar-refractivity contribution is 0.171. The van der Waals surface area contributed by atoms with Gasteiger partial charge in [-0.05, 0) is 19.1 Å². The summed E-state index contributed by atoms with van der Waals surface area (Å²) in [7, 11) is 0. The number of anilines is 2. The number of nitrogens with one attached hydrogen (secondary N) is 1. The van der Waals surface area contributed by atoms with Gasteiger partial charge in [0.05, 0.1) is 11.3 Å². The molecule has 7 heteroatoms. The van der Waals surface area contributed by atoms with Crippen LogP contribution in [0.15, 0.2) is 29.3 Å². The fourth-order valence-electron chi connectivity index (χ4n) is 2.04. The monoisotopic (exact) mass is 314 g/mol. The molecule has 1 aromatic heterocycles. The standard InChI is InChI=1S/C15H14N4O2S/c1-9(17)11(7-16)12-8-22-15(19-12)18-10-2-3-13-14(6-10)21-5-4-20-13/h2-3,6,8H,4-5,17H2,1H3,(H,18,19). The Morgan fingerprint density at radius 3 is 2.86 bits per heavy atom. The van der Waals surface area contributed by atoms with Crippen LogP contribution >= 0.6 is 11.3 Å². The summed E-state index contributed by atoms with van der Waals surface area (Å²) >= 11 is 1.41. The Bertz CT molecular complexity index is 772. The first-order valence-electron chi connectivity index (χ1n) is 6.66. The lowest BCUT2D eigenvalue weighted by Gasteiger charge is -2.18. The summed E-state index contributed by atoms with van der Waals surface area (Å²) in [5.41, 5.74) is 7.96. The molecule has 0 amide bonds. The molecule has 0 spiro atoms. The molecule has 3 rings (SSSR count). The molecule has 1 aliphatic rings. The molecular weight excluding hydrogens is 300 g/mol. The lowest BCUT2D eigenvalue weighted by Crippen LogP contribution is -2.15. The zero-order valence-corrected chi connectivity index (χ0v) is 12.7. The van der Waals surface area contributed by atoms with Crippen LogP contribution in [0.2, 0.25) is 0 Å². The quantitative estimate of drug-likeness (QED) is 0.846. The van der Waals surface area contributed by atoms with Crippen molar-refractivity contribution in [1.82, 2.24) is 4.98 Å². The second-order valence-corrected chi connectivity index (χ2v) is 5.55. The van der Waals surface area contributed by atoms with Gasteiger partial charge in [0.25, 0.3) is 0 Å². The molecule has 0 saturated carbocycles. The summed E-state index contributed by atoms with van der Waals surface area (Å²) < 4.78 is 11.0. The van der Waals surface area contributed by atoms with Crippen molar-refractivity contribution in [3.63, 3.8) is 0 Å². The molecule has 0 radical (unpaired) electrons. The van der Waals surface area contributed by atoms with Crippen LogP contribution in [0.1, 0.15) is 12.6 Å². The maximum atomic E-state index is 9.11. The average Bonchev–Trinajstić information content (AvgIpc) is 2.95. The van der Waals surface area contributed by atoms with E-state index in [0.717, 1.165) is 11.4 Å². The van der Waals surface area contributed by atoms with Crippen LogP contribution in [0.25, 0.3) is 5.57 Å². The molecule has 0 unspecified atom stereocenters. The molecule has 2 aromatic rings. The van der Waals surface area contributed by atoms with Gasteiger partial charge in [0.1, 0.15) is 19.3 Å². The summed E-state index contributed by atoms with van der Waals surface area (Å²) in [5, 5.41) is 14.8. The third-order valence-corrected chi connectivity index (χ3v) is 3.82. The van der Waals surface area contributed by atoms with Crippen molar-refractivity contribution in [2.75, 3.05) is 18.5 Å². The van der Waals surface area contributed by atoms with Gasteiger partial charge in [0, 0.05) is 22.8 Å². The predicted molar refractivity (Wildman–Crippen MR) is 85.2 cm³/mol. The van der Waals surface area contributed by atoms with Gasteiger partial charge in [-0.2, -0.15) is 5.26 Å². The zero-order chi connectivity index (χ0) is 15.5. The van der Waals surface area contributed by atoms with E-state index in [1.165, 1.54) is 11.3 Å². The number of hydrogen-bond acceptors (Lipinski definition) is 7. The third-order valence-electron chi connectivity index (χ3n) is 3.06. The van der Waals surface area contributed by atoms with Crippen molar-refractivity contribution < 1.29 is 9.47 Å². The van der Waals surface area contributed by atoms with Crippen molar-refractivity contribution in [2.24, 2.45) is 5.73 Å². The van der Waals surface area contributed by atoms with E-state index in [-0.39, 0.29) is 0 Å². The Kier molecular flexibility index (Phi) is 3.85. The van der Waals surface area contributed by atoms with Gasteiger partial charge >= 0.3 is 0 Å². The highest BCUT2D eigenvalue weighted by Crippen LogP contribution is 2.34. The Labute approximate surface area is 131 Å². The van der Waals surface area contributed by atoms with E-state index in [9.17, 15) is 0 Å². The number of benzene rings is 1. The molecule has 22 heavy (non-hydrogen) atoms. The Morgan fingerprint density at radius 1 is 1.36 bits per heavy atom. The minimum atomic E-state index is 0.395. The molecule has 0 fully saturated rings. The minimum Gasteiger partial charge on any atom is -0.486 e. The number of aromatic nitrogens is 1. The van der Waals surface area contributed by atoms with Gasteiger partial charge in [0.2, 0.25) is 0 Å². The molecule has 6 nitrogen and oxygen atoms in total. The smallest absolute Gasteiger partial charge is 0.187 e. The van der Waals surface area contributed by atoms with Crippen molar-refractivity contribution in [1.29, 1.82) is 5.26 Å². The molecule has 112 valence electrons. The van der Waals surface area contributed by atoms with Crippen LogP contribution in [-0.2, 0) is 0 Å². The normalized spacial score (nSPS) is 14.0. The minimum absolute atomic E-state index is 0.395. The van der Waals surface area contributed by atoms with Crippen LogP contribution in [0.3, 0.4) is 0 Å². The number of hydrogen-bond donors (Lipinski definition) is 2. The largest absolute Gasteiger partial charge is 0.486 e. The summed E-state index contributed by atoms with van der Waals surface area (Å²) in [6.45, 7) is 2.80. The maximum absolute atomic E-state index is 9.11. The van der Waals surface area contributed by atoms with E-state index < -0.39 is 0 Å². The molecule has 1 aromatic carbocycles. The van der Waals surface area contributed by atoms with Crippen LogP contribution < -0.4 is 20.5 Å². The topological polar surface area (TPSA) is 93.2 Å². The first kappa shape index (κ1) is 14.2. The molecule has 3 N–H and O–H groups in total. The first-order valence-corrected chi connectivity index (χ1v) is 7.54. The zero-order valence-electron chi connectivity index (χ0n) is 11.9. The molecule has 0 bridgehead atoms. The highest BCUT2D eigenvalue weighted by molar-refractivity contribution is 7.13. The summed E-state index contributed by atoms with van der Waals surface area (Å²) in [6, 6.07) is 7.69. The van der Waals surface area contributed by atoms with Crippen LogP contribution in [0.5, 0.6) is 11.5 Å². The van der Waals surface area contributed by atoms with Crippen molar-refractivity contribution >= 4 is 27.7 Å². The van der Waals surface area contributed by atoms with Crippen LogP contribution in [-0.4, -0.2) is 18.2 Å². The third kappa shape index (κ3) is 2.82. The van der Waals surface area contributed by atoms with Gasteiger partial charge in [-0.25, -0.2) is 4.98 Å². The number of allylic oxidation sites excluding steroid dienone is 2. The maximum Gasteiger partial charge on any atom is 0.187 e. The van der Waals surface area contributed by atoms with Gasteiger partial charge < -0.3 is 20.5 Å². The number of rotatable bonds is 3. The van der Waals surface area contributed by atoms with Gasteiger partial charge in [-0.3, -0.25) is 0 Å². The predicted octanol–water partition coefficient (Wildman–Crippen LogP) is 2.87. The van der Waals surface area contributed by atoms with Crippen molar-refractivity contribution in [2.45, 2.75) is 6.92 Å². The van der Waals surface area contributed by atoms with E-state index in [4.69, 9.17) is 20.5 Å². The molecule has 0 atom stereocenters. The SMILES string of the molecule is CC(N)=C(C#N)c1csc(Nc2ccc3c(c2)OCCO3)n1. The van der Waals surface area contributed by atoms with Crippen molar-refractivity contribution in [3.05, 3.63) is 35.0 Å². The number of nitrogens with two attached hydrogens (primary N) is 1. The number of nitrogens with zero attached hydrogens (tertiary/aromatic N) is 2. The number of fused-ring (bicyclic) bond motifs is 1. The number of thiazole rings is 1. The Morgan fingerprint density at radius 2 is 2.14 bits per heavy atom. The fourth-order valence-corrected chi connectivity index (χ4v) is 2.76. The van der Waals surface area contributed by atoms with Gasteiger partial charge in [-0.15, -0.1) is 11.3 Å². The fraction of sp³-hybridized carbons (Fsp3) is 0.200. The number of nitriles is 1. The Balaban J connectivity index is 1.81. The highest BCUT2D eigenvalue weighted by Gasteiger charge is 2.13. The Hall–Kier alpha value is -2.72. The lowest BCUT2D eigenvalue weighted by atomic mass is 10.2. The number of ether oxygens (including phenoxy) is 2. The van der Waals surface area contributed by atoms with Crippen LogP contribution in [0.4, 0.5) is 10.8 Å². The summed E-state index contributed by atoms with van der Waals surface area (Å²) in [6.07, 6.45) is 0. The van der Waals surface area contributed by atoms with Crippen molar-refractivity contribution in [3.8, 4) is 17.6 Å². The average molecular weight is 314 g/mol. The van der Waals surface area contributed by atoms with E-state index in [1.54, 1.807) is 12.3 Å². The van der Waals surface area contributed by atoms with Gasteiger partial charge in [-0.1, -0.05) is 0 Å². The van der Waals surface area contributed by atoms with E-state index in [0.29, 0.717) is 41.1 Å². The van der Waals surface area contributed by atoms with E-state index >= 15 is 0 Å². The molecule has 1 aliphatic heterocycles. The first-order chi connectivity index (χ1) is 10.7. The second kappa shape index (κ2) is 5.95. The second-order valence-electron chi connectivity index (χ2n) is 4.69. The molecule has 2 heterocycles.